The van der Waals surface area contributed by atoms with E-state index in [2.05, 4.69) is 19.6 Å². The van der Waals surface area contributed by atoms with Crippen LogP contribution in [0.3, 0.4) is 0 Å². The zero-order valence-corrected chi connectivity index (χ0v) is 11.1. The fourth-order valence-electron chi connectivity index (χ4n) is 1.78. The number of aldehydes is 1. The second-order valence-corrected chi connectivity index (χ2v) is 3.98. The first-order valence-corrected chi connectivity index (χ1v) is 6.10. The van der Waals surface area contributed by atoms with E-state index in [0.29, 0.717) is 30.9 Å². The van der Waals surface area contributed by atoms with Crippen LogP contribution in [0.25, 0.3) is 0 Å². The van der Waals surface area contributed by atoms with E-state index < -0.39 is 0 Å². The Morgan fingerprint density at radius 3 is 2.67 bits per heavy atom. The summed E-state index contributed by atoms with van der Waals surface area (Å²) in [6.07, 6.45) is 4.24. The molecule has 0 heterocycles. The van der Waals surface area contributed by atoms with Gasteiger partial charge >= 0.3 is 0 Å². The summed E-state index contributed by atoms with van der Waals surface area (Å²) in [4.78, 5) is 11.1. The predicted molar refractivity (Wildman–Crippen MR) is 72.5 cm³/mol. The van der Waals surface area contributed by atoms with Crippen LogP contribution in [0.15, 0.2) is 24.8 Å². The lowest BCUT2D eigenvalue weighted by Crippen LogP contribution is -2.08. The first-order valence-electron chi connectivity index (χ1n) is 6.10. The van der Waals surface area contributed by atoms with E-state index in [0.717, 1.165) is 23.8 Å². The molecule has 0 fully saturated rings. The van der Waals surface area contributed by atoms with Crippen molar-refractivity contribution in [2.24, 2.45) is 0 Å². The molecular weight excluding hydrogens is 228 g/mol. The standard InChI is InChI=1S/C15H20O3/c1-4-6-13-9-12(5-2)10-14(11-16)15(13)18-8-7-17-3/h4,9-11H,1,5-8H2,2-3H3. The van der Waals surface area contributed by atoms with Gasteiger partial charge in [0.25, 0.3) is 0 Å². The number of carbonyl (C=O) groups is 1. The highest BCUT2D eigenvalue weighted by atomic mass is 16.5. The highest BCUT2D eigenvalue weighted by molar-refractivity contribution is 5.80. The van der Waals surface area contributed by atoms with Crippen LogP contribution in [0, 0.1) is 0 Å². The fraction of sp³-hybridized carbons (Fsp3) is 0.400. The lowest BCUT2D eigenvalue weighted by atomic mass is 10.0. The summed E-state index contributed by atoms with van der Waals surface area (Å²) in [5, 5.41) is 0. The second-order valence-electron chi connectivity index (χ2n) is 3.98. The van der Waals surface area contributed by atoms with Gasteiger partial charge in [0.15, 0.2) is 6.29 Å². The number of benzene rings is 1. The van der Waals surface area contributed by atoms with E-state index >= 15 is 0 Å². The lowest BCUT2D eigenvalue weighted by molar-refractivity contribution is 0.111. The number of methoxy groups -OCH3 is 1. The third kappa shape index (κ3) is 3.70. The summed E-state index contributed by atoms with van der Waals surface area (Å²) in [6.45, 7) is 6.74. The molecule has 0 N–H and O–H groups in total. The fourth-order valence-corrected chi connectivity index (χ4v) is 1.78. The van der Waals surface area contributed by atoms with Crippen molar-refractivity contribution in [2.45, 2.75) is 19.8 Å². The van der Waals surface area contributed by atoms with Gasteiger partial charge in [-0.1, -0.05) is 19.1 Å². The molecule has 1 aromatic carbocycles. The molecule has 0 unspecified atom stereocenters. The van der Waals surface area contributed by atoms with Gasteiger partial charge < -0.3 is 9.47 Å². The minimum Gasteiger partial charge on any atom is -0.490 e. The SMILES string of the molecule is C=CCc1cc(CC)cc(C=O)c1OCCOC. The van der Waals surface area contributed by atoms with E-state index in [1.807, 2.05) is 12.1 Å². The number of hydrogen-bond donors (Lipinski definition) is 0. The normalized spacial score (nSPS) is 10.1. The monoisotopic (exact) mass is 248 g/mol. The second kappa shape index (κ2) is 7.67. The zero-order valence-electron chi connectivity index (χ0n) is 11.1. The third-order valence-corrected chi connectivity index (χ3v) is 2.69. The van der Waals surface area contributed by atoms with Crippen molar-refractivity contribution in [2.75, 3.05) is 20.3 Å². The summed E-state index contributed by atoms with van der Waals surface area (Å²) in [5.41, 5.74) is 2.73. The molecule has 18 heavy (non-hydrogen) atoms. The average molecular weight is 248 g/mol. The number of rotatable bonds is 8. The maximum atomic E-state index is 11.1. The third-order valence-electron chi connectivity index (χ3n) is 2.69. The summed E-state index contributed by atoms with van der Waals surface area (Å²) in [7, 11) is 1.62. The van der Waals surface area contributed by atoms with Gasteiger partial charge in [0.05, 0.1) is 12.2 Å². The Morgan fingerprint density at radius 2 is 2.11 bits per heavy atom. The summed E-state index contributed by atoms with van der Waals surface area (Å²) < 4.78 is 10.6. The minimum absolute atomic E-state index is 0.437. The van der Waals surface area contributed by atoms with E-state index in [9.17, 15) is 4.79 Å². The van der Waals surface area contributed by atoms with Crippen LogP contribution in [-0.2, 0) is 17.6 Å². The van der Waals surface area contributed by atoms with Crippen LogP contribution < -0.4 is 4.74 Å². The quantitative estimate of drug-likeness (QED) is 0.403. The Labute approximate surface area is 108 Å². The minimum atomic E-state index is 0.437. The van der Waals surface area contributed by atoms with Crippen LogP contribution in [0.1, 0.15) is 28.4 Å². The Morgan fingerprint density at radius 1 is 1.33 bits per heavy atom. The molecule has 3 nitrogen and oxygen atoms in total. The Balaban J connectivity index is 3.08. The molecule has 0 radical (unpaired) electrons. The largest absolute Gasteiger partial charge is 0.490 e. The summed E-state index contributed by atoms with van der Waals surface area (Å²) in [6, 6.07) is 3.94. The molecule has 0 saturated heterocycles. The highest BCUT2D eigenvalue weighted by Gasteiger charge is 2.10. The first-order chi connectivity index (χ1) is 8.76. The van der Waals surface area contributed by atoms with Crippen LogP contribution in [0.2, 0.25) is 0 Å². The average Bonchev–Trinajstić information content (AvgIpc) is 2.40. The van der Waals surface area contributed by atoms with Gasteiger partial charge in [-0.3, -0.25) is 4.79 Å². The maximum absolute atomic E-state index is 11.1. The zero-order chi connectivity index (χ0) is 13.4. The van der Waals surface area contributed by atoms with Crippen molar-refractivity contribution in [1.82, 2.24) is 0 Å². The van der Waals surface area contributed by atoms with E-state index in [1.54, 1.807) is 7.11 Å². The molecule has 0 aliphatic rings. The number of carbonyl (C=O) groups excluding carboxylic acids is 1. The highest BCUT2D eigenvalue weighted by Crippen LogP contribution is 2.26. The van der Waals surface area contributed by atoms with Gasteiger partial charge in [0.2, 0.25) is 0 Å². The molecule has 1 aromatic rings. The first kappa shape index (κ1) is 14.5. The smallest absolute Gasteiger partial charge is 0.153 e. The molecule has 0 aromatic heterocycles. The number of aryl methyl sites for hydroxylation is 1. The van der Waals surface area contributed by atoms with Crippen LogP contribution in [-0.4, -0.2) is 26.6 Å². The van der Waals surface area contributed by atoms with Crippen LogP contribution in [0.5, 0.6) is 5.75 Å². The molecule has 0 amide bonds. The molecule has 0 atom stereocenters. The van der Waals surface area contributed by atoms with Crippen LogP contribution >= 0.6 is 0 Å². The predicted octanol–water partition coefficient (Wildman–Crippen LogP) is 2.82. The van der Waals surface area contributed by atoms with Gasteiger partial charge in [-0.25, -0.2) is 0 Å². The topological polar surface area (TPSA) is 35.5 Å². The molecule has 0 saturated carbocycles. The molecule has 1 rings (SSSR count). The molecular formula is C15H20O3. The van der Waals surface area contributed by atoms with Crippen molar-refractivity contribution < 1.29 is 14.3 Å². The number of allylic oxidation sites excluding steroid dienone is 1. The molecule has 98 valence electrons. The summed E-state index contributed by atoms with van der Waals surface area (Å²) in [5.74, 6) is 0.652. The van der Waals surface area contributed by atoms with Gasteiger partial charge in [-0.15, -0.1) is 6.58 Å². The molecule has 0 aliphatic carbocycles. The molecule has 0 aliphatic heterocycles. The van der Waals surface area contributed by atoms with Gasteiger partial charge in [-0.2, -0.15) is 0 Å². The lowest BCUT2D eigenvalue weighted by Gasteiger charge is -2.14. The van der Waals surface area contributed by atoms with E-state index in [-0.39, 0.29) is 0 Å². The number of hydrogen-bond acceptors (Lipinski definition) is 3. The van der Waals surface area contributed by atoms with E-state index in [1.165, 1.54) is 0 Å². The Bertz CT molecular complexity index is 410. The van der Waals surface area contributed by atoms with Crippen molar-refractivity contribution in [3.05, 3.63) is 41.5 Å². The van der Waals surface area contributed by atoms with Crippen molar-refractivity contribution in [3.8, 4) is 5.75 Å². The number of ether oxygens (including phenoxy) is 2. The molecule has 0 bridgehead atoms. The van der Waals surface area contributed by atoms with Gasteiger partial charge in [-0.05, 0) is 30.0 Å². The van der Waals surface area contributed by atoms with Crippen molar-refractivity contribution in [3.63, 3.8) is 0 Å². The van der Waals surface area contributed by atoms with Crippen LogP contribution in [0.4, 0.5) is 0 Å². The Hall–Kier alpha value is -1.61. The van der Waals surface area contributed by atoms with Gasteiger partial charge in [0.1, 0.15) is 12.4 Å². The molecule has 3 heteroatoms. The van der Waals surface area contributed by atoms with Crippen molar-refractivity contribution >= 4 is 6.29 Å². The molecule has 0 spiro atoms. The maximum Gasteiger partial charge on any atom is 0.153 e. The van der Waals surface area contributed by atoms with Gasteiger partial charge in [0, 0.05) is 7.11 Å². The summed E-state index contributed by atoms with van der Waals surface area (Å²) >= 11 is 0. The van der Waals surface area contributed by atoms with Crippen molar-refractivity contribution in [1.29, 1.82) is 0 Å². The van der Waals surface area contributed by atoms with E-state index in [4.69, 9.17) is 9.47 Å². The Kier molecular flexibility index (Phi) is 6.15.